The van der Waals surface area contributed by atoms with Crippen molar-refractivity contribution in [3.8, 4) is 11.1 Å². The number of hydrogen-bond donors (Lipinski definition) is 0. The normalized spacial score (nSPS) is 11.2. The van der Waals surface area contributed by atoms with Crippen molar-refractivity contribution in [1.29, 1.82) is 0 Å². The Morgan fingerprint density at radius 2 is 0.700 bits per heavy atom. The van der Waals surface area contributed by atoms with E-state index in [1.54, 1.807) is 0 Å². The average Bonchev–Trinajstić information content (AvgIpc) is 2.94. The Labute approximate surface area is 267 Å². The Morgan fingerprint density at radius 3 is 0.950 bits per heavy atom. The third kappa shape index (κ3) is 6.04. The molecule has 4 aromatic carbocycles. The number of halogens is 2. The summed E-state index contributed by atoms with van der Waals surface area (Å²) in [6, 6.07) is 16.6. The molecule has 0 fully saturated rings. The molecule has 0 radical (unpaired) electrons. The predicted molar refractivity (Wildman–Crippen MR) is 177 cm³/mol. The van der Waals surface area contributed by atoms with Gasteiger partial charge in [-0.15, -0.1) is 0 Å². The molecule has 0 aliphatic heterocycles. The second kappa shape index (κ2) is 12.6. The fourth-order valence-electron chi connectivity index (χ4n) is 4.89. The molecule has 206 valence electrons. The van der Waals surface area contributed by atoms with Gasteiger partial charge in [0.1, 0.15) is 0 Å². The third-order valence-corrected chi connectivity index (χ3v) is 14.1. The molecule has 0 aliphatic rings. The Balaban J connectivity index is 1.49. The molecule has 0 saturated carbocycles. The number of carbonyl (C=O) groups is 2. The van der Waals surface area contributed by atoms with Crippen molar-refractivity contribution in [3.63, 3.8) is 0 Å². The van der Waals surface area contributed by atoms with Crippen molar-refractivity contribution >= 4 is 80.1 Å². The second-order valence-corrected chi connectivity index (χ2v) is 16.2. The molecular formula is C34H32Br2O2Se2. The van der Waals surface area contributed by atoms with Gasteiger partial charge in [-0.05, 0) is 0 Å². The van der Waals surface area contributed by atoms with E-state index in [0.29, 0.717) is 0 Å². The van der Waals surface area contributed by atoms with Crippen LogP contribution in [0.1, 0.15) is 65.2 Å². The molecule has 0 atom stereocenters. The minimum absolute atomic E-state index is 0.215. The quantitative estimate of drug-likeness (QED) is 0.180. The van der Waals surface area contributed by atoms with Crippen LogP contribution in [-0.4, -0.2) is 39.3 Å². The van der Waals surface area contributed by atoms with Gasteiger partial charge in [0.2, 0.25) is 0 Å². The number of rotatable bonds is 7. The minimum atomic E-state index is -0.298. The zero-order valence-electron chi connectivity index (χ0n) is 24.0. The van der Waals surface area contributed by atoms with Gasteiger partial charge in [-0.1, -0.05) is 0 Å². The van der Waals surface area contributed by atoms with E-state index < -0.39 is 0 Å². The molecule has 0 unspecified atom stereocenters. The van der Waals surface area contributed by atoms with Crippen LogP contribution < -0.4 is 8.92 Å². The molecule has 0 bridgehead atoms. The van der Waals surface area contributed by atoms with Gasteiger partial charge >= 0.3 is 269 Å². The van der Waals surface area contributed by atoms with Crippen LogP contribution in [0.3, 0.4) is 0 Å². The van der Waals surface area contributed by atoms with Crippen molar-refractivity contribution in [1.82, 2.24) is 0 Å². The van der Waals surface area contributed by atoms with Gasteiger partial charge in [0, 0.05) is 0 Å². The molecular weight excluding hydrogens is 758 g/mol. The van der Waals surface area contributed by atoms with E-state index in [4.69, 9.17) is 0 Å². The second-order valence-electron chi connectivity index (χ2n) is 10.2. The Kier molecular flexibility index (Phi) is 9.83. The van der Waals surface area contributed by atoms with E-state index in [1.807, 2.05) is 27.7 Å². The maximum absolute atomic E-state index is 13.3. The van der Waals surface area contributed by atoms with Crippen molar-refractivity contribution in [3.05, 3.63) is 113 Å². The van der Waals surface area contributed by atoms with Gasteiger partial charge in [-0.25, -0.2) is 0 Å². The Morgan fingerprint density at radius 1 is 0.450 bits per heavy atom. The molecule has 0 aromatic heterocycles. The predicted octanol–water partition coefficient (Wildman–Crippen LogP) is 7.69. The van der Waals surface area contributed by atoms with Crippen LogP contribution in [0.5, 0.6) is 0 Å². The SMILES string of the molecule is Cc1c(C)c(C(=O)[Se]c2ccc(-c3ccc([Se]C(=O)c4c(C)c(C)c(Br)c(C)c4C)cc3)cc2)c(C)c(C)c1Br. The van der Waals surface area contributed by atoms with E-state index in [1.165, 1.54) is 0 Å². The summed E-state index contributed by atoms with van der Waals surface area (Å²) < 4.78 is 4.75. The van der Waals surface area contributed by atoms with Crippen LogP contribution in [0.15, 0.2) is 57.5 Å². The molecule has 4 rings (SSSR count). The molecule has 0 heterocycles. The standard InChI is InChI=1S/C34H32Br2O2Se2/c1-17-21(5)31(35)22(6)18(2)29(17)33(37)39-27-13-9-25(10-14-27)26-11-15-28(16-12-26)40-34(38)30-19(3)23(7)32(36)24(8)20(30)4/h9-16H,1-8H3. The van der Waals surface area contributed by atoms with Gasteiger partial charge in [-0.2, -0.15) is 0 Å². The van der Waals surface area contributed by atoms with Gasteiger partial charge in [0.15, 0.2) is 0 Å². The molecule has 0 saturated heterocycles. The van der Waals surface area contributed by atoms with Crippen molar-refractivity contribution in [2.45, 2.75) is 55.4 Å². The third-order valence-electron chi connectivity index (χ3n) is 7.94. The van der Waals surface area contributed by atoms with Gasteiger partial charge in [0.25, 0.3) is 0 Å². The van der Waals surface area contributed by atoms with Crippen LogP contribution in [0.4, 0.5) is 0 Å². The molecule has 0 N–H and O–H groups in total. The molecule has 40 heavy (non-hydrogen) atoms. The van der Waals surface area contributed by atoms with Gasteiger partial charge < -0.3 is 0 Å². The molecule has 0 spiro atoms. The molecule has 0 aliphatic carbocycles. The summed E-state index contributed by atoms with van der Waals surface area (Å²) in [5.74, 6) is 0. The average molecular weight is 790 g/mol. The zero-order valence-corrected chi connectivity index (χ0v) is 30.6. The van der Waals surface area contributed by atoms with Crippen molar-refractivity contribution in [2.75, 3.05) is 0 Å². The number of carbonyl (C=O) groups excluding carboxylic acids is 2. The Hall–Kier alpha value is -1.78. The topological polar surface area (TPSA) is 34.1 Å². The molecule has 4 aromatic rings. The summed E-state index contributed by atoms with van der Waals surface area (Å²) in [6.45, 7) is 16.4. The zero-order chi connectivity index (χ0) is 29.5. The molecule has 2 nitrogen and oxygen atoms in total. The molecule has 0 amide bonds. The first-order valence-electron chi connectivity index (χ1n) is 13.0. The first-order chi connectivity index (χ1) is 18.8. The summed E-state index contributed by atoms with van der Waals surface area (Å²) in [4.78, 5) is 26.7. The summed E-state index contributed by atoms with van der Waals surface area (Å²) in [7, 11) is 0. The van der Waals surface area contributed by atoms with Gasteiger partial charge in [-0.3, -0.25) is 0 Å². The van der Waals surface area contributed by atoms with E-state index in [0.717, 1.165) is 84.6 Å². The van der Waals surface area contributed by atoms with Crippen LogP contribution >= 0.6 is 31.9 Å². The van der Waals surface area contributed by atoms with E-state index in [-0.39, 0.29) is 39.3 Å². The molecule has 6 heteroatoms. The first-order valence-corrected chi connectivity index (χ1v) is 18.0. The van der Waals surface area contributed by atoms with E-state index in [2.05, 4.69) is 108 Å². The van der Waals surface area contributed by atoms with E-state index in [9.17, 15) is 9.59 Å². The van der Waals surface area contributed by atoms with Crippen molar-refractivity contribution in [2.24, 2.45) is 0 Å². The van der Waals surface area contributed by atoms with Crippen LogP contribution in [0, 0.1) is 55.4 Å². The van der Waals surface area contributed by atoms with E-state index >= 15 is 0 Å². The van der Waals surface area contributed by atoms with Crippen LogP contribution in [-0.2, 0) is 0 Å². The summed E-state index contributed by atoms with van der Waals surface area (Å²) in [5, 5.41) is 0. The summed E-state index contributed by atoms with van der Waals surface area (Å²) in [6.07, 6.45) is 0. The van der Waals surface area contributed by atoms with Crippen molar-refractivity contribution < 1.29 is 9.59 Å². The summed E-state index contributed by atoms with van der Waals surface area (Å²) in [5.41, 5.74) is 12.7. The fraction of sp³-hybridized carbons (Fsp3) is 0.235. The summed E-state index contributed by atoms with van der Waals surface area (Å²) >= 11 is 6.76. The van der Waals surface area contributed by atoms with Crippen LogP contribution in [0.2, 0.25) is 0 Å². The number of benzene rings is 4. The maximum atomic E-state index is 13.3. The monoisotopic (exact) mass is 790 g/mol. The van der Waals surface area contributed by atoms with Gasteiger partial charge in [0.05, 0.1) is 0 Å². The first kappa shape index (κ1) is 31.2. The Bertz CT molecular complexity index is 1470. The van der Waals surface area contributed by atoms with Crippen LogP contribution in [0.25, 0.3) is 11.1 Å². The number of hydrogen-bond acceptors (Lipinski definition) is 2. The fourth-order valence-corrected chi connectivity index (χ4v) is 9.84.